The number of carbonyl (C=O) groups excluding carboxylic acids is 1. The van der Waals surface area contributed by atoms with Crippen LogP contribution < -0.4 is 5.73 Å². The maximum Gasteiger partial charge on any atom is 0.223 e. The molecule has 3 heteroatoms. The van der Waals surface area contributed by atoms with Crippen molar-refractivity contribution in [3.8, 4) is 12.3 Å². The fourth-order valence-corrected chi connectivity index (χ4v) is 2.04. The lowest BCUT2D eigenvalue weighted by molar-refractivity contribution is -0.132. The molecule has 1 heterocycles. The third-order valence-corrected chi connectivity index (χ3v) is 3.03. The fraction of sp³-hybridized carbons (Fsp3) is 0.750. The number of amides is 1. The Morgan fingerprint density at radius 1 is 1.47 bits per heavy atom. The number of carbonyl (C=O) groups is 1. The van der Waals surface area contributed by atoms with Crippen molar-refractivity contribution in [3.63, 3.8) is 0 Å². The molecular formula is C12H20N2O. The van der Waals surface area contributed by atoms with Crippen LogP contribution in [0.5, 0.6) is 0 Å². The Labute approximate surface area is 92.0 Å². The number of nitrogens with two attached hydrogens (primary N) is 1. The summed E-state index contributed by atoms with van der Waals surface area (Å²) in [5.41, 5.74) is 5.52. The van der Waals surface area contributed by atoms with E-state index >= 15 is 0 Å². The largest absolute Gasteiger partial charge is 0.343 e. The van der Waals surface area contributed by atoms with E-state index in [0.717, 1.165) is 38.9 Å². The molecule has 0 spiro atoms. The summed E-state index contributed by atoms with van der Waals surface area (Å²) >= 11 is 0. The zero-order chi connectivity index (χ0) is 11.1. The van der Waals surface area contributed by atoms with Gasteiger partial charge in [-0.1, -0.05) is 0 Å². The summed E-state index contributed by atoms with van der Waals surface area (Å²) in [6, 6.07) is 0. The molecule has 1 fully saturated rings. The van der Waals surface area contributed by atoms with Gasteiger partial charge in [0, 0.05) is 25.9 Å². The molecule has 0 atom stereocenters. The molecule has 0 saturated carbocycles. The minimum Gasteiger partial charge on any atom is -0.343 e. The van der Waals surface area contributed by atoms with E-state index in [0.29, 0.717) is 18.8 Å². The van der Waals surface area contributed by atoms with Crippen molar-refractivity contribution in [1.29, 1.82) is 0 Å². The normalized spacial score (nSPS) is 17.5. The first-order chi connectivity index (χ1) is 7.27. The molecule has 1 rings (SSSR count). The lowest BCUT2D eigenvalue weighted by Gasteiger charge is -2.31. The van der Waals surface area contributed by atoms with Crippen molar-refractivity contribution in [2.24, 2.45) is 11.7 Å². The van der Waals surface area contributed by atoms with Gasteiger partial charge in [0.05, 0.1) is 0 Å². The monoisotopic (exact) mass is 208 g/mol. The van der Waals surface area contributed by atoms with E-state index in [2.05, 4.69) is 5.92 Å². The van der Waals surface area contributed by atoms with Crippen molar-refractivity contribution in [2.75, 3.05) is 19.6 Å². The van der Waals surface area contributed by atoms with Gasteiger partial charge in [-0.05, 0) is 31.7 Å². The van der Waals surface area contributed by atoms with Crippen molar-refractivity contribution in [3.05, 3.63) is 0 Å². The van der Waals surface area contributed by atoms with Gasteiger partial charge in [0.2, 0.25) is 5.91 Å². The number of nitrogens with zero attached hydrogens (tertiary/aromatic N) is 1. The first-order valence-electron chi connectivity index (χ1n) is 5.69. The Morgan fingerprint density at radius 2 is 2.13 bits per heavy atom. The van der Waals surface area contributed by atoms with Crippen LogP contribution in [0, 0.1) is 18.3 Å². The molecule has 0 aromatic heterocycles. The van der Waals surface area contributed by atoms with Crippen molar-refractivity contribution in [1.82, 2.24) is 4.90 Å². The van der Waals surface area contributed by atoms with Crippen LogP contribution in [-0.2, 0) is 4.79 Å². The average Bonchev–Trinajstić information content (AvgIpc) is 2.27. The lowest BCUT2D eigenvalue weighted by atomic mass is 9.93. The van der Waals surface area contributed by atoms with E-state index in [-0.39, 0.29) is 5.91 Å². The highest BCUT2D eigenvalue weighted by Crippen LogP contribution is 2.20. The molecule has 0 unspecified atom stereocenters. The van der Waals surface area contributed by atoms with Gasteiger partial charge in [0.25, 0.3) is 0 Å². The minimum atomic E-state index is 0.208. The van der Waals surface area contributed by atoms with Crippen molar-refractivity contribution in [2.45, 2.75) is 32.1 Å². The third-order valence-electron chi connectivity index (χ3n) is 3.03. The predicted octanol–water partition coefficient (Wildman–Crippen LogP) is 0.987. The van der Waals surface area contributed by atoms with Crippen LogP contribution in [0.2, 0.25) is 0 Å². The van der Waals surface area contributed by atoms with Crippen LogP contribution >= 0.6 is 0 Å². The molecule has 0 radical (unpaired) electrons. The highest BCUT2D eigenvalue weighted by atomic mass is 16.2. The molecule has 0 aliphatic carbocycles. The van der Waals surface area contributed by atoms with Crippen LogP contribution in [0.15, 0.2) is 0 Å². The van der Waals surface area contributed by atoms with Gasteiger partial charge in [-0.2, -0.15) is 0 Å². The predicted molar refractivity (Wildman–Crippen MR) is 61.0 cm³/mol. The van der Waals surface area contributed by atoms with E-state index in [9.17, 15) is 4.79 Å². The van der Waals surface area contributed by atoms with Crippen LogP contribution in [0.4, 0.5) is 0 Å². The van der Waals surface area contributed by atoms with Gasteiger partial charge < -0.3 is 10.6 Å². The minimum absolute atomic E-state index is 0.208. The van der Waals surface area contributed by atoms with Gasteiger partial charge >= 0.3 is 0 Å². The maximum atomic E-state index is 11.6. The molecule has 0 aromatic carbocycles. The fourth-order valence-electron chi connectivity index (χ4n) is 2.04. The Hall–Kier alpha value is -1.01. The zero-order valence-electron chi connectivity index (χ0n) is 9.24. The van der Waals surface area contributed by atoms with Gasteiger partial charge in [-0.3, -0.25) is 4.79 Å². The summed E-state index contributed by atoms with van der Waals surface area (Å²) < 4.78 is 0. The number of hydrogen-bond donors (Lipinski definition) is 1. The number of terminal acetylenes is 1. The summed E-state index contributed by atoms with van der Waals surface area (Å²) in [5.74, 6) is 3.42. The van der Waals surface area contributed by atoms with Crippen molar-refractivity contribution < 1.29 is 4.79 Å². The molecule has 1 aliphatic heterocycles. The Kier molecular flexibility index (Phi) is 5.20. The maximum absolute atomic E-state index is 11.6. The number of likely N-dealkylation sites (tertiary alicyclic amines) is 1. The second kappa shape index (κ2) is 6.47. The highest BCUT2D eigenvalue weighted by Gasteiger charge is 2.21. The first-order valence-corrected chi connectivity index (χ1v) is 5.69. The second-order valence-electron chi connectivity index (χ2n) is 4.11. The van der Waals surface area contributed by atoms with E-state index in [1.807, 2.05) is 4.90 Å². The number of hydrogen-bond acceptors (Lipinski definition) is 2. The first kappa shape index (κ1) is 12.1. The highest BCUT2D eigenvalue weighted by molar-refractivity contribution is 5.76. The van der Waals surface area contributed by atoms with Crippen molar-refractivity contribution >= 4 is 5.91 Å². The quantitative estimate of drug-likeness (QED) is 0.700. The average molecular weight is 208 g/mol. The molecule has 2 N–H and O–H groups in total. The van der Waals surface area contributed by atoms with E-state index in [4.69, 9.17) is 12.2 Å². The smallest absolute Gasteiger partial charge is 0.223 e. The molecule has 1 aliphatic rings. The van der Waals surface area contributed by atoms with Crippen LogP contribution in [0.25, 0.3) is 0 Å². The standard InChI is InChI=1S/C12H20N2O/c1-2-3-4-12(15)14-9-6-11(5-8-13)7-10-14/h1,11H,3-10,13H2. The summed E-state index contributed by atoms with van der Waals surface area (Å²) in [4.78, 5) is 13.6. The van der Waals surface area contributed by atoms with Crippen LogP contribution in [-0.4, -0.2) is 30.4 Å². The third kappa shape index (κ3) is 3.93. The van der Waals surface area contributed by atoms with E-state index in [1.54, 1.807) is 0 Å². The summed E-state index contributed by atoms with van der Waals surface area (Å²) in [7, 11) is 0. The molecule has 3 nitrogen and oxygen atoms in total. The molecule has 1 saturated heterocycles. The molecular weight excluding hydrogens is 188 g/mol. The molecule has 0 bridgehead atoms. The van der Waals surface area contributed by atoms with Gasteiger partial charge in [-0.15, -0.1) is 12.3 Å². The van der Waals surface area contributed by atoms with Crippen LogP contribution in [0.1, 0.15) is 32.1 Å². The SMILES string of the molecule is C#CCCC(=O)N1CCC(CCN)CC1. The number of piperidine rings is 1. The van der Waals surface area contributed by atoms with Gasteiger partial charge in [0.1, 0.15) is 0 Å². The number of rotatable bonds is 4. The summed E-state index contributed by atoms with van der Waals surface area (Å²) in [6.45, 7) is 2.53. The van der Waals surface area contributed by atoms with Gasteiger partial charge in [-0.25, -0.2) is 0 Å². The molecule has 84 valence electrons. The Balaban J connectivity index is 2.25. The zero-order valence-corrected chi connectivity index (χ0v) is 9.24. The molecule has 0 aromatic rings. The molecule has 1 amide bonds. The van der Waals surface area contributed by atoms with Crippen LogP contribution in [0.3, 0.4) is 0 Å². The van der Waals surface area contributed by atoms with Gasteiger partial charge in [0.15, 0.2) is 0 Å². The summed E-state index contributed by atoms with van der Waals surface area (Å²) in [6.07, 6.45) is 9.47. The lowest BCUT2D eigenvalue weighted by Crippen LogP contribution is -2.38. The Morgan fingerprint density at radius 3 is 2.67 bits per heavy atom. The topological polar surface area (TPSA) is 46.3 Å². The van der Waals surface area contributed by atoms with E-state index < -0.39 is 0 Å². The summed E-state index contributed by atoms with van der Waals surface area (Å²) in [5, 5.41) is 0. The Bertz CT molecular complexity index is 236. The molecule has 15 heavy (non-hydrogen) atoms. The van der Waals surface area contributed by atoms with E-state index in [1.165, 1.54) is 0 Å². The second-order valence-corrected chi connectivity index (χ2v) is 4.11.